The average molecular weight is 279 g/mol. The first-order valence-corrected chi connectivity index (χ1v) is 7.09. The van der Waals surface area contributed by atoms with Crippen LogP contribution in [0.2, 0.25) is 0 Å². The van der Waals surface area contributed by atoms with Crippen molar-refractivity contribution >= 4 is 5.91 Å². The molecule has 2 rings (SSSR count). The molecule has 1 aliphatic rings. The van der Waals surface area contributed by atoms with E-state index >= 15 is 0 Å². The van der Waals surface area contributed by atoms with Crippen molar-refractivity contribution < 1.29 is 9.18 Å². The Morgan fingerprint density at radius 3 is 3.10 bits per heavy atom. The zero-order valence-corrected chi connectivity index (χ0v) is 12.1. The van der Waals surface area contributed by atoms with Crippen molar-refractivity contribution in [2.24, 2.45) is 0 Å². The maximum absolute atomic E-state index is 13.9. The summed E-state index contributed by atoms with van der Waals surface area (Å²) in [4.78, 5) is 14.1. The number of aryl methyl sites for hydroxylation is 1. The summed E-state index contributed by atoms with van der Waals surface area (Å²) in [7, 11) is 0. The molecule has 0 aromatic heterocycles. The molecule has 20 heavy (non-hydrogen) atoms. The summed E-state index contributed by atoms with van der Waals surface area (Å²) in [6, 6.07) is 4.88. The van der Waals surface area contributed by atoms with Gasteiger partial charge in [-0.1, -0.05) is 17.7 Å². The molecule has 2 N–H and O–H groups in total. The number of amides is 1. The molecular formula is C15H22FN3O. The van der Waals surface area contributed by atoms with Gasteiger partial charge in [-0.15, -0.1) is 0 Å². The molecule has 1 fully saturated rings. The second kappa shape index (κ2) is 6.81. The van der Waals surface area contributed by atoms with Crippen LogP contribution in [0.25, 0.3) is 0 Å². The minimum Gasteiger partial charge on any atom is -0.355 e. The maximum Gasteiger partial charge on any atom is 0.238 e. The van der Waals surface area contributed by atoms with Crippen LogP contribution in [0, 0.1) is 12.7 Å². The Morgan fingerprint density at radius 2 is 2.35 bits per heavy atom. The summed E-state index contributed by atoms with van der Waals surface area (Å²) in [5.74, 6) is -0.198. The Labute approximate surface area is 119 Å². The number of carbonyl (C=O) groups is 1. The van der Waals surface area contributed by atoms with Gasteiger partial charge in [-0.25, -0.2) is 4.39 Å². The van der Waals surface area contributed by atoms with Crippen LogP contribution in [0.1, 0.15) is 18.1 Å². The first kappa shape index (κ1) is 14.9. The van der Waals surface area contributed by atoms with Crippen LogP contribution < -0.4 is 10.6 Å². The normalized spacial score (nSPS) is 19.9. The van der Waals surface area contributed by atoms with E-state index in [1.807, 2.05) is 24.8 Å². The lowest BCUT2D eigenvalue weighted by Crippen LogP contribution is -2.57. The molecule has 1 aromatic carbocycles. The highest BCUT2D eigenvalue weighted by Crippen LogP contribution is 2.15. The van der Waals surface area contributed by atoms with Gasteiger partial charge in [0, 0.05) is 38.3 Å². The van der Waals surface area contributed by atoms with E-state index in [0.717, 1.165) is 18.7 Å². The van der Waals surface area contributed by atoms with Crippen LogP contribution >= 0.6 is 0 Å². The molecule has 5 heteroatoms. The van der Waals surface area contributed by atoms with Gasteiger partial charge in [0.25, 0.3) is 0 Å². The summed E-state index contributed by atoms with van der Waals surface area (Å²) in [6.45, 7) is 7.11. The van der Waals surface area contributed by atoms with E-state index in [4.69, 9.17) is 0 Å². The highest BCUT2D eigenvalue weighted by Gasteiger charge is 2.28. The molecule has 1 saturated heterocycles. The Morgan fingerprint density at radius 1 is 1.55 bits per heavy atom. The Balaban J connectivity index is 2.12. The minimum atomic E-state index is -0.233. The molecule has 1 aliphatic heterocycles. The largest absolute Gasteiger partial charge is 0.355 e. The third-order valence-corrected chi connectivity index (χ3v) is 3.58. The first-order chi connectivity index (χ1) is 9.61. The number of nitrogens with zero attached hydrogens (tertiary/aromatic N) is 1. The van der Waals surface area contributed by atoms with Gasteiger partial charge in [-0.05, 0) is 19.9 Å². The summed E-state index contributed by atoms with van der Waals surface area (Å²) >= 11 is 0. The minimum absolute atomic E-state index is 0.00719. The second-order valence-electron chi connectivity index (χ2n) is 5.18. The van der Waals surface area contributed by atoms with Crippen molar-refractivity contribution in [1.29, 1.82) is 0 Å². The summed E-state index contributed by atoms with van der Waals surface area (Å²) in [5.41, 5.74) is 1.69. The first-order valence-electron chi connectivity index (χ1n) is 7.09. The predicted molar refractivity (Wildman–Crippen MR) is 76.9 cm³/mol. The number of hydrogen-bond acceptors (Lipinski definition) is 3. The molecule has 1 unspecified atom stereocenters. The smallest absolute Gasteiger partial charge is 0.238 e. The molecule has 1 atom stereocenters. The number of hydrogen-bond donors (Lipinski definition) is 2. The molecule has 1 amide bonds. The monoisotopic (exact) mass is 279 g/mol. The number of halogens is 1. The number of carbonyl (C=O) groups excluding carboxylic acids is 1. The average Bonchev–Trinajstić information content (AvgIpc) is 2.44. The number of rotatable bonds is 4. The van der Waals surface area contributed by atoms with Crippen molar-refractivity contribution in [3.05, 3.63) is 35.1 Å². The molecule has 0 aliphatic carbocycles. The highest BCUT2D eigenvalue weighted by molar-refractivity contribution is 5.82. The van der Waals surface area contributed by atoms with Gasteiger partial charge >= 0.3 is 0 Å². The summed E-state index contributed by atoms with van der Waals surface area (Å²) in [6.07, 6.45) is 0. The fraction of sp³-hybridized carbons (Fsp3) is 0.533. The number of likely N-dealkylation sites (N-methyl/N-ethyl adjacent to an activating group) is 1. The van der Waals surface area contributed by atoms with Crippen molar-refractivity contribution in [1.82, 2.24) is 15.5 Å². The number of benzene rings is 1. The quantitative estimate of drug-likeness (QED) is 0.866. The number of piperazine rings is 1. The van der Waals surface area contributed by atoms with Gasteiger partial charge in [0.05, 0.1) is 0 Å². The van der Waals surface area contributed by atoms with E-state index < -0.39 is 0 Å². The fourth-order valence-electron chi connectivity index (χ4n) is 2.53. The number of nitrogens with one attached hydrogen (secondary N) is 2. The Kier molecular flexibility index (Phi) is 5.09. The lowest BCUT2D eigenvalue weighted by molar-refractivity contribution is -0.127. The molecular weight excluding hydrogens is 257 g/mol. The van der Waals surface area contributed by atoms with Crippen molar-refractivity contribution in [2.75, 3.05) is 26.2 Å². The van der Waals surface area contributed by atoms with Crippen LogP contribution in [0.5, 0.6) is 0 Å². The van der Waals surface area contributed by atoms with E-state index in [9.17, 15) is 9.18 Å². The van der Waals surface area contributed by atoms with Crippen LogP contribution in [0.15, 0.2) is 18.2 Å². The topological polar surface area (TPSA) is 44.4 Å². The Bertz CT molecular complexity index is 478. The van der Waals surface area contributed by atoms with E-state index in [-0.39, 0.29) is 17.8 Å². The van der Waals surface area contributed by atoms with Gasteiger partial charge in [0.2, 0.25) is 5.91 Å². The van der Waals surface area contributed by atoms with Gasteiger partial charge in [-0.3, -0.25) is 9.69 Å². The van der Waals surface area contributed by atoms with Gasteiger partial charge in [-0.2, -0.15) is 0 Å². The molecule has 0 bridgehead atoms. The van der Waals surface area contributed by atoms with Gasteiger partial charge in [0.1, 0.15) is 11.9 Å². The summed E-state index contributed by atoms with van der Waals surface area (Å²) < 4.78 is 13.9. The van der Waals surface area contributed by atoms with Gasteiger partial charge < -0.3 is 10.6 Å². The molecule has 0 spiro atoms. The lowest BCUT2D eigenvalue weighted by Gasteiger charge is -2.35. The third kappa shape index (κ3) is 3.55. The zero-order valence-electron chi connectivity index (χ0n) is 12.1. The SMILES string of the molecule is CCNC(=O)C1CNCCN1Cc1cc(C)ccc1F. The fourth-order valence-corrected chi connectivity index (χ4v) is 2.53. The predicted octanol–water partition coefficient (Wildman–Crippen LogP) is 1.04. The third-order valence-electron chi connectivity index (χ3n) is 3.58. The molecule has 0 radical (unpaired) electrons. The lowest BCUT2D eigenvalue weighted by atomic mass is 10.1. The van der Waals surface area contributed by atoms with Gasteiger partial charge in [0.15, 0.2) is 0 Å². The highest BCUT2D eigenvalue weighted by atomic mass is 19.1. The van der Waals surface area contributed by atoms with Crippen LogP contribution in [0.3, 0.4) is 0 Å². The standard InChI is InChI=1S/C15H22FN3O/c1-3-18-15(20)14-9-17-6-7-19(14)10-12-8-11(2)4-5-13(12)16/h4-5,8,14,17H,3,6-7,9-10H2,1-2H3,(H,18,20). The molecule has 4 nitrogen and oxygen atoms in total. The van der Waals surface area contributed by atoms with Crippen molar-refractivity contribution in [3.63, 3.8) is 0 Å². The van der Waals surface area contributed by atoms with Crippen molar-refractivity contribution in [3.8, 4) is 0 Å². The summed E-state index contributed by atoms with van der Waals surface area (Å²) in [5, 5.41) is 6.06. The molecule has 0 saturated carbocycles. The van der Waals surface area contributed by atoms with Crippen LogP contribution in [-0.4, -0.2) is 43.0 Å². The van der Waals surface area contributed by atoms with Crippen molar-refractivity contribution in [2.45, 2.75) is 26.4 Å². The van der Waals surface area contributed by atoms with E-state index in [2.05, 4.69) is 10.6 Å². The Hall–Kier alpha value is -1.46. The van der Waals surface area contributed by atoms with Crippen LogP contribution in [0.4, 0.5) is 4.39 Å². The molecule has 1 aromatic rings. The zero-order chi connectivity index (χ0) is 14.5. The second-order valence-corrected chi connectivity index (χ2v) is 5.18. The molecule has 110 valence electrons. The van der Waals surface area contributed by atoms with E-state index in [0.29, 0.717) is 25.2 Å². The van der Waals surface area contributed by atoms with E-state index in [1.54, 1.807) is 6.07 Å². The molecule has 1 heterocycles. The van der Waals surface area contributed by atoms with E-state index in [1.165, 1.54) is 6.07 Å². The maximum atomic E-state index is 13.9. The van der Waals surface area contributed by atoms with Crippen LogP contribution in [-0.2, 0) is 11.3 Å².